The monoisotopic (exact) mass is 319 g/mol. The highest BCUT2D eigenvalue weighted by atomic mass is 79.9. The molecule has 0 spiro atoms. The molecule has 102 valence electrons. The molecule has 3 unspecified atom stereocenters. The van der Waals surface area contributed by atoms with Gasteiger partial charge in [0.1, 0.15) is 0 Å². The zero-order valence-electron chi connectivity index (χ0n) is 10.6. The molecule has 2 aliphatic heterocycles. The molecule has 2 fully saturated rings. The average molecular weight is 320 g/mol. The minimum absolute atomic E-state index is 0.0124. The molecule has 0 aromatic carbocycles. The summed E-state index contributed by atoms with van der Waals surface area (Å²) in [5, 5.41) is 14.0. The molecule has 0 radical (unpaired) electrons. The van der Waals surface area contributed by atoms with Crippen molar-refractivity contribution < 1.29 is 9.66 Å². The fourth-order valence-electron chi connectivity index (χ4n) is 2.42. The summed E-state index contributed by atoms with van der Waals surface area (Å²) in [6, 6.07) is 0.264. The highest BCUT2D eigenvalue weighted by Gasteiger charge is 2.35. The van der Waals surface area contributed by atoms with Crippen molar-refractivity contribution in [3.63, 3.8) is 0 Å². The number of halogens is 1. The predicted molar refractivity (Wildman–Crippen MR) is 70.6 cm³/mol. The molecule has 3 atom stereocenters. The maximum Gasteiger partial charge on any atom is 0.350 e. The first-order valence-corrected chi connectivity index (χ1v) is 6.92. The third-order valence-corrected chi connectivity index (χ3v) is 4.35. The molecule has 6 nitrogen and oxygen atoms in total. The Labute approximate surface area is 115 Å². The van der Waals surface area contributed by atoms with Gasteiger partial charge < -0.3 is 15.0 Å². The minimum Gasteiger partial charge on any atom is -0.381 e. The number of hydrogen-bond acceptors (Lipinski definition) is 5. The molecule has 0 saturated carbocycles. The largest absolute Gasteiger partial charge is 0.381 e. The Morgan fingerprint density at radius 1 is 1.61 bits per heavy atom. The van der Waals surface area contributed by atoms with Gasteiger partial charge in [0, 0.05) is 47.6 Å². The molecule has 2 aliphatic rings. The minimum atomic E-state index is -0.401. The summed E-state index contributed by atoms with van der Waals surface area (Å²) in [4.78, 5) is 12.5. The Morgan fingerprint density at radius 3 is 2.89 bits per heavy atom. The molecule has 0 aliphatic carbocycles. The van der Waals surface area contributed by atoms with Crippen molar-refractivity contribution in [3.8, 4) is 0 Å². The molecule has 0 aromatic heterocycles. The van der Waals surface area contributed by atoms with E-state index in [9.17, 15) is 10.1 Å². The lowest BCUT2D eigenvalue weighted by molar-refractivity contribution is -0.411. The van der Waals surface area contributed by atoms with E-state index in [-0.39, 0.29) is 10.6 Å². The van der Waals surface area contributed by atoms with Gasteiger partial charge in [-0.3, -0.25) is 10.1 Å². The number of nitrogens with zero attached hydrogens (tertiary/aromatic N) is 2. The lowest BCUT2D eigenvalue weighted by Crippen LogP contribution is -2.35. The van der Waals surface area contributed by atoms with Crippen LogP contribution in [0, 0.1) is 22.0 Å². The molecule has 18 heavy (non-hydrogen) atoms. The Kier molecular flexibility index (Phi) is 4.11. The van der Waals surface area contributed by atoms with Crippen LogP contribution in [0.15, 0.2) is 10.4 Å². The number of ether oxygens (including phenoxy) is 1. The van der Waals surface area contributed by atoms with Crippen LogP contribution in [0.4, 0.5) is 0 Å². The predicted octanol–water partition coefficient (Wildman–Crippen LogP) is 1.36. The van der Waals surface area contributed by atoms with Crippen molar-refractivity contribution in [2.45, 2.75) is 19.9 Å². The van der Waals surface area contributed by atoms with Gasteiger partial charge in [-0.2, -0.15) is 0 Å². The fraction of sp³-hybridized carbons (Fsp3) is 0.818. The van der Waals surface area contributed by atoms with E-state index in [1.54, 1.807) is 0 Å². The quantitative estimate of drug-likeness (QED) is 0.483. The first kappa shape index (κ1) is 13.6. The second-order valence-electron chi connectivity index (χ2n) is 5.05. The molecule has 2 heterocycles. The van der Waals surface area contributed by atoms with E-state index in [1.807, 2.05) is 0 Å². The number of nitrogens with one attached hydrogen (secondary N) is 1. The Morgan fingerprint density at radius 2 is 2.33 bits per heavy atom. The third-order valence-electron chi connectivity index (χ3n) is 3.69. The van der Waals surface area contributed by atoms with E-state index in [4.69, 9.17) is 4.74 Å². The van der Waals surface area contributed by atoms with Gasteiger partial charge >= 0.3 is 4.61 Å². The molecule has 2 rings (SSSR count). The molecular weight excluding hydrogens is 302 g/mol. The molecule has 0 amide bonds. The van der Waals surface area contributed by atoms with Crippen molar-refractivity contribution in [2.24, 2.45) is 11.8 Å². The summed E-state index contributed by atoms with van der Waals surface area (Å²) >= 11 is 3.05. The Bertz CT molecular complexity index is 375. The van der Waals surface area contributed by atoms with Crippen molar-refractivity contribution in [1.82, 2.24) is 10.2 Å². The van der Waals surface area contributed by atoms with Gasteiger partial charge in [-0.05, 0) is 12.8 Å². The lowest BCUT2D eigenvalue weighted by Gasteiger charge is -2.27. The first-order chi connectivity index (χ1) is 8.50. The van der Waals surface area contributed by atoms with E-state index < -0.39 is 4.92 Å². The number of rotatable bonds is 3. The van der Waals surface area contributed by atoms with Crippen LogP contribution in [0.5, 0.6) is 0 Å². The maximum absolute atomic E-state index is 10.8. The molecule has 0 bridgehead atoms. The topological polar surface area (TPSA) is 67.6 Å². The standard InChI is InChI=1S/C11H18BrN3O3/c1-7-5-18-6-9(7)4-14-8(2)3-13-11(14)10(12)15(16)17/h7-9,13H,3-6H2,1-2H3. The summed E-state index contributed by atoms with van der Waals surface area (Å²) in [7, 11) is 0. The van der Waals surface area contributed by atoms with Crippen LogP contribution < -0.4 is 5.32 Å². The maximum atomic E-state index is 10.8. The van der Waals surface area contributed by atoms with Gasteiger partial charge in [0.15, 0.2) is 5.82 Å². The van der Waals surface area contributed by atoms with Gasteiger partial charge in [0.05, 0.1) is 11.5 Å². The van der Waals surface area contributed by atoms with Crippen LogP contribution in [0.2, 0.25) is 0 Å². The highest BCUT2D eigenvalue weighted by molar-refractivity contribution is 9.11. The molecule has 7 heteroatoms. The summed E-state index contributed by atoms with van der Waals surface area (Å²) in [6.45, 7) is 7.30. The Balaban J connectivity index is 2.13. The molecular formula is C11H18BrN3O3. The zero-order valence-corrected chi connectivity index (χ0v) is 12.1. The normalized spacial score (nSPS) is 34.6. The van der Waals surface area contributed by atoms with Gasteiger partial charge in [-0.15, -0.1) is 0 Å². The lowest BCUT2D eigenvalue weighted by atomic mass is 9.97. The third kappa shape index (κ3) is 2.61. The number of hydrogen-bond donors (Lipinski definition) is 1. The second-order valence-corrected chi connectivity index (χ2v) is 5.80. The van der Waals surface area contributed by atoms with Crippen LogP contribution in [-0.2, 0) is 4.74 Å². The number of nitro groups is 1. The summed E-state index contributed by atoms with van der Waals surface area (Å²) < 4.78 is 5.46. The van der Waals surface area contributed by atoms with E-state index in [1.165, 1.54) is 0 Å². The van der Waals surface area contributed by atoms with E-state index >= 15 is 0 Å². The Hall–Kier alpha value is -0.820. The molecule has 2 saturated heterocycles. The summed E-state index contributed by atoms with van der Waals surface area (Å²) in [5.41, 5.74) is 0. The SMILES string of the molecule is CC1COCC1CN1C(=C(Br)[N+](=O)[O-])NCC1C. The van der Waals surface area contributed by atoms with Gasteiger partial charge in [0.2, 0.25) is 0 Å². The highest BCUT2D eigenvalue weighted by Crippen LogP contribution is 2.27. The smallest absolute Gasteiger partial charge is 0.350 e. The van der Waals surface area contributed by atoms with Crippen LogP contribution in [0.1, 0.15) is 13.8 Å². The fourth-order valence-corrected chi connectivity index (χ4v) is 2.78. The first-order valence-electron chi connectivity index (χ1n) is 6.13. The van der Waals surface area contributed by atoms with E-state index in [0.717, 1.165) is 26.3 Å². The van der Waals surface area contributed by atoms with Gasteiger partial charge in [-0.25, -0.2) is 0 Å². The van der Waals surface area contributed by atoms with Crippen LogP contribution in [-0.4, -0.2) is 42.2 Å². The van der Waals surface area contributed by atoms with E-state index in [0.29, 0.717) is 17.7 Å². The van der Waals surface area contributed by atoms with Crippen LogP contribution >= 0.6 is 15.9 Å². The second kappa shape index (κ2) is 5.44. The summed E-state index contributed by atoms with van der Waals surface area (Å²) in [5.74, 6) is 1.54. The van der Waals surface area contributed by atoms with Gasteiger partial charge in [-0.1, -0.05) is 6.92 Å². The molecule has 1 N–H and O–H groups in total. The van der Waals surface area contributed by atoms with Crippen molar-refractivity contribution in [2.75, 3.05) is 26.3 Å². The van der Waals surface area contributed by atoms with Gasteiger partial charge in [0.25, 0.3) is 0 Å². The van der Waals surface area contributed by atoms with E-state index in [2.05, 4.69) is 40.0 Å². The van der Waals surface area contributed by atoms with Crippen molar-refractivity contribution in [3.05, 3.63) is 20.5 Å². The molecule has 0 aromatic rings. The van der Waals surface area contributed by atoms with Crippen molar-refractivity contribution in [1.29, 1.82) is 0 Å². The van der Waals surface area contributed by atoms with Crippen molar-refractivity contribution >= 4 is 15.9 Å². The summed E-state index contributed by atoms with van der Waals surface area (Å²) in [6.07, 6.45) is 0. The van der Waals surface area contributed by atoms with Crippen LogP contribution in [0.3, 0.4) is 0 Å². The van der Waals surface area contributed by atoms with Crippen LogP contribution in [0.25, 0.3) is 0 Å². The zero-order chi connectivity index (χ0) is 13.3. The average Bonchev–Trinajstić information content (AvgIpc) is 2.87.